The summed E-state index contributed by atoms with van der Waals surface area (Å²) in [5, 5.41) is 7.06. The molecule has 0 spiro atoms. The molecule has 0 fully saturated rings. The standard InChI is InChI=1S/C90H66N4OS2/c1-64-30-27-45-73(54-64)92(71-41-19-7-20-42-71)75-55-68(89(67-35-13-4-14-36-67)85-62-96-87-52-25-23-48-83(85)87)56-76(57-75)94(90-81(65-31-9-2-10-32-65)50-29-51-82(90)66-33-11-3-12-34-66)74-46-28-47-79(59-74)95-80-60-77(91(69-37-15-5-16-38-69)70-39-17-6-18-40-70)58-78(61-80)93(72-43-21-8-22-44-72)86-63-97-88-53-26-24-49-84(86)88/h2-63,89H,1H3. The van der Waals surface area contributed by atoms with Crippen molar-refractivity contribution >= 4 is 111 Å². The summed E-state index contributed by atoms with van der Waals surface area (Å²) in [4.78, 5) is 9.60. The number of fused-ring (bicyclic) bond motifs is 2. The van der Waals surface area contributed by atoms with E-state index in [9.17, 15) is 0 Å². The van der Waals surface area contributed by atoms with Gasteiger partial charge in [0.25, 0.3) is 0 Å². The average Bonchev–Trinajstić information content (AvgIpc) is 1.59. The van der Waals surface area contributed by atoms with Crippen LogP contribution in [0.1, 0.15) is 28.2 Å². The van der Waals surface area contributed by atoms with E-state index in [0.717, 1.165) is 96.1 Å². The molecule has 0 aliphatic rings. The highest BCUT2D eigenvalue weighted by molar-refractivity contribution is 7.18. The van der Waals surface area contributed by atoms with Crippen molar-refractivity contribution < 1.29 is 4.74 Å². The maximum absolute atomic E-state index is 7.58. The molecule has 14 aromatic carbocycles. The fourth-order valence-corrected chi connectivity index (χ4v) is 15.5. The van der Waals surface area contributed by atoms with Crippen molar-refractivity contribution in [3.8, 4) is 33.8 Å². The van der Waals surface area contributed by atoms with Gasteiger partial charge in [-0.1, -0.05) is 237 Å². The molecule has 1 unspecified atom stereocenters. The van der Waals surface area contributed by atoms with Gasteiger partial charge in [-0.2, -0.15) is 0 Å². The molecule has 2 aromatic heterocycles. The Balaban J connectivity index is 0.959. The lowest BCUT2D eigenvalue weighted by Crippen LogP contribution is -2.16. The SMILES string of the molecule is Cc1cccc(N(c2ccccc2)c2cc(C(c3ccccc3)c3csc4ccccc34)cc(N(c3cccc(Oc4cc(N(c5ccccc5)c5ccccc5)cc(N(c5ccccc5)c5csc6ccccc56)c4)c3)c3c(-c4ccccc4)cccc3-c3ccccc3)c2)c1. The van der Waals surface area contributed by atoms with Crippen LogP contribution in [0.4, 0.5) is 68.2 Å². The zero-order chi connectivity index (χ0) is 64.9. The highest BCUT2D eigenvalue weighted by Gasteiger charge is 2.29. The topological polar surface area (TPSA) is 22.2 Å². The van der Waals surface area contributed by atoms with Crippen molar-refractivity contribution in [1.29, 1.82) is 0 Å². The van der Waals surface area contributed by atoms with E-state index in [4.69, 9.17) is 4.74 Å². The van der Waals surface area contributed by atoms with Crippen LogP contribution in [0.25, 0.3) is 42.4 Å². The summed E-state index contributed by atoms with van der Waals surface area (Å²) in [5.41, 5.74) is 21.1. The zero-order valence-corrected chi connectivity index (χ0v) is 55.0. The fourth-order valence-electron chi connectivity index (χ4n) is 13.6. The third kappa shape index (κ3) is 12.3. The van der Waals surface area contributed by atoms with Crippen molar-refractivity contribution in [2.24, 2.45) is 0 Å². The highest BCUT2D eigenvalue weighted by Crippen LogP contribution is 2.53. The van der Waals surface area contributed by atoms with Crippen molar-refractivity contribution in [2.75, 3.05) is 19.6 Å². The maximum atomic E-state index is 7.58. The quantitative estimate of drug-likeness (QED) is 0.0802. The van der Waals surface area contributed by atoms with Crippen molar-refractivity contribution in [1.82, 2.24) is 0 Å². The van der Waals surface area contributed by atoms with Crippen molar-refractivity contribution in [3.05, 3.63) is 397 Å². The number of thiophene rings is 2. The first kappa shape index (κ1) is 60.0. The molecule has 16 aromatic rings. The van der Waals surface area contributed by atoms with Gasteiger partial charge in [-0.25, -0.2) is 0 Å². The summed E-state index contributed by atoms with van der Waals surface area (Å²) in [7, 11) is 0. The predicted octanol–water partition coefficient (Wildman–Crippen LogP) is 26.6. The molecule has 0 aliphatic heterocycles. The van der Waals surface area contributed by atoms with Gasteiger partial charge in [0.05, 0.1) is 22.7 Å². The number of aryl methyl sites for hydroxylation is 1. The lowest BCUT2D eigenvalue weighted by molar-refractivity contribution is 0.483. The van der Waals surface area contributed by atoms with E-state index in [1.165, 1.54) is 36.9 Å². The van der Waals surface area contributed by atoms with Crippen LogP contribution in [0.5, 0.6) is 11.5 Å². The fraction of sp³-hybridized carbons (Fsp3) is 0.0222. The molecule has 0 bridgehead atoms. The third-order valence-electron chi connectivity index (χ3n) is 17.9. The molecule has 0 amide bonds. The summed E-state index contributed by atoms with van der Waals surface area (Å²) >= 11 is 3.56. The van der Waals surface area contributed by atoms with E-state index in [2.05, 4.69) is 401 Å². The van der Waals surface area contributed by atoms with Gasteiger partial charge in [-0.05, 0) is 160 Å². The molecule has 97 heavy (non-hydrogen) atoms. The molecule has 0 N–H and O–H groups in total. The zero-order valence-electron chi connectivity index (χ0n) is 53.4. The molecular weight excluding hydrogens is 1220 g/mol. The summed E-state index contributed by atoms with van der Waals surface area (Å²) in [5.74, 6) is 1.16. The Hall–Kier alpha value is -12.0. The van der Waals surface area contributed by atoms with Gasteiger partial charge in [0.15, 0.2) is 0 Å². The average molecular weight is 1280 g/mol. The van der Waals surface area contributed by atoms with Crippen LogP contribution in [0, 0.1) is 6.92 Å². The molecule has 0 saturated carbocycles. The van der Waals surface area contributed by atoms with Gasteiger partial charge >= 0.3 is 0 Å². The van der Waals surface area contributed by atoms with Crippen LogP contribution in [0.2, 0.25) is 0 Å². The van der Waals surface area contributed by atoms with E-state index < -0.39 is 0 Å². The first-order chi connectivity index (χ1) is 48.0. The number of hydrogen-bond acceptors (Lipinski definition) is 7. The number of benzene rings is 14. The normalized spacial score (nSPS) is 11.5. The van der Waals surface area contributed by atoms with Crippen LogP contribution in [-0.4, -0.2) is 0 Å². The summed E-state index contributed by atoms with van der Waals surface area (Å²) in [6, 6.07) is 131. The number of anilines is 12. The van der Waals surface area contributed by atoms with E-state index in [0.29, 0.717) is 11.5 Å². The van der Waals surface area contributed by atoms with Gasteiger partial charge in [-0.15, -0.1) is 22.7 Å². The minimum absolute atomic E-state index is 0.170. The van der Waals surface area contributed by atoms with Crippen LogP contribution in [0.3, 0.4) is 0 Å². The molecule has 464 valence electrons. The number of nitrogens with zero attached hydrogens (tertiary/aromatic N) is 4. The Bertz CT molecular complexity index is 5260. The Morgan fingerprint density at radius 3 is 1.25 bits per heavy atom. The van der Waals surface area contributed by atoms with Crippen LogP contribution >= 0.6 is 22.7 Å². The van der Waals surface area contributed by atoms with Crippen molar-refractivity contribution in [3.63, 3.8) is 0 Å². The lowest BCUT2D eigenvalue weighted by Gasteiger charge is -2.34. The van der Waals surface area contributed by atoms with E-state index >= 15 is 0 Å². The second kappa shape index (κ2) is 27.1. The van der Waals surface area contributed by atoms with Crippen molar-refractivity contribution in [2.45, 2.75) is 12.8 Å². The summed E-state index contributed by atoms with van der Waals surface area (Å²) in [6.45, 7) is 2.18. The highest BCUT2D eigenvalue weighted by atomic mass is 32.1. The molecular formula is C90H66N4OS2. The van der Waals surface area contributed by atoms with E-state index in [1.807, 2.05) is 0 Å². The Morgan fingerprint density at radius 2 is 0.680 bits per heavy atom. The molecule has 0 aliphatic carbocycles. The van der Waals surface area contributed by atoms with E-state index in [1.54, 1.807) is 22.7 Å². The predicted molar refractivity (Wildman–Crippen MR) is 412 cm³/mol. The number of hydrogen-bond donors (Lipinski definition) is 0. The summed E-state index contributed by atoms with van der Waals surface area (Å²) < 4.78 is 10.0. The first-order valence-corrected chi connectivity index (χ1v) is 34.6. The monoisotopic (exact) mass is 1280 g/mol. The number of ether oxygens (including phenoxy) is 1. The first-order valence-electron chi connectivity index (χ1n) is 32.8. The molecule has 5 nitrogen and oxygen atoms in total. The van der Waals surface area contributed by atoms with Gasteiger partial charge in [0, 0.05) is 101 Å². The molecule has 2 heterocycles. The number of rotatable bonds is 19. The van der Waals surface area contributed by atoms with Gasteiger partial charge in [-0.3, -0.25) is 0 Å². The Labute approximate surface area is 575 Å². The minimum atomic E-state index is -0.170. The second-order valence-electron chi connectivity index (χ2n) is 24.2. The smallest absolute Gasteiger partial charge is 0.131 e. The molecule has 7 heteroatoms. The Kier molecular flexibility index (Phi) is 16.8. The van der Waals surface area contributed by atoms with Crippen LogP contribution in [0.15, 0.2) is 375 Å². The Morgan fingerprint density at radius 1 is 0.278 bits per heavy atom. The molecule has 0 radical (unpaired) electrons. The lowest BCUT2D eigenvalue weighted by atomic mass is 9.84. The third-order valence-corrected chi connectivity index (χ3v) is 19.8. The van der Waals surface area contributed by atoms with Crippen LogP contribution in [-0.2, 0) is 0 Å². The number of para-hydroxylation sites is 5. The van der Waals surface area contributed by atoms with E-state index in [-0.39, 0.29) is 5.92 Å². The van der Waals surface area contributed by atoms with Gasteiger partial charge in [0.1, 0.15) is 11.5 Å². The summed E-state index contributed by atoms with van der Waals surface area (Å²) in [6.07, 6.45) is 0. The molecule has 0 saturated heterocycles. The second-order valence-corrected chi connectivity index (χ2v) is 26.0. The van der Waals surface area contributed by atoms with Crippen LogP contribution < -0.4 is 24.3 Å². The van der Waals surface area contributed by atoms with Gasteiger partial charge < -0.3 is 24.3 Å². The maximum Gasteiger partial charge on any atom is 0.131 e. The van der Waals surface area contributed by atoms with Gasteiger partial charge in [0.2, 0.25) is 0 Å². The molecule has 16 rings (SSSR count). The molecule has 1 atom stereocenters. The largest absolute Gasteiger partial charge is 0.457 e. The minimum Gasteiger partial charge on any atom is -0.457 e.